The third-order valence-electron chi connectivity index (χ3n) is 6.50. The van der Waals surface area contributed by atoms with Gasteiger partial charge >= 0.3 is 0 Å². The number of ether oxygens (including phenoxy) is 1. The van der Waals surface area contributed by atoms with Gasteiger partial charge in [0, 0.05) is 23.8 Å². The average molecular weight is 542 g/mol. The van der Waals surface area contributed by atoms with Crippen molar-refractivity contribution in [2.75, 3.05) is 26.2 Å². The highest BCUT2D eigenvalue weighted by Gasteiger charge is 2.20. The number of unbranched alkanes of at least 4 members (excludes halogenated alkanes) is 3. The molecule has 3 rings (SSSR count). The van der Waals surface area contributed by atoms with Crippen LogP contribution in [0.1, 0.15) is 87.3 Å². The molecule has 0 unspecified atom stereocenters. The molecule has 190 valence electrons. The summed E-state index contributed by atoms with van der Waals surface area (Å²) in [4.78, 5) is 16.1. The van der Waals surface area contributed by atoms with Crippen LogP contribution in [0, 0.1) is 0 Å². The average Bonchev–Trinajstić information content (AvgIpc) is 3.24. The molecule has 1 aromatic carbocycles. The second kappa shape index (κ2) is 14.4. The quantitative estimate of drug-likeness (QED) is 0.136. The van der Waals surface area contributed by atoms with Gasteiger partial charge in [-0.2, -0.15) is 0 Å². The van der Waals surface area contributed by atoms with Gasteiger partial charge in [0.1, 0.15) is 5.75 Å². The van der Waals surface area contributed by atoms with E-state index in [4.69, 9.17) is 4.74 Å². The van der Waals surface area contributed by atoms with Crippen LogP contribution in [0.15, 0.2) is 53.1 Å². The molecule has 0 N–H and O–H groups in total. The van der Waals surface area contributed by atoms with Crippen LogP contribution in [0.5, 0.6) is 5.75 Å². The van der Waals surface area contributed by atoms with Crippen LogP contribution in [0.4, 0.5) is 0 Å². The number of carbonyl (C=O) groups excluding carboxylic acids is 1. The molecule has 3 aromatic rings. The van der Waals surface area contributed by atoms with E-state index < -0.39 is 0 Å². The Hall–Kier alpha value is -2.11. The first-order valence-electron chi connectivity index (χ1n) is 13.4. The van der Waals surface area contributed by atoms with Crippen molar-refractivity contribution < 1.29 is 9.53 Å². The molecule has 0 fully saturated rings. The van der Waals surface area contributed by atoms with Gasteiger partial charge in [-0.15, -0.1) is 0 Å². The summed E-state index contributed by atoms with van der Waals surface area (Å²) in [5, 5.41) is 0. The van der Waals surface area contributed by atoms with Crippen LogP contribution in [0.2, 0.25) is 0 Å². The van der Waals surface area contributed by atoms with Crippen LogP contribution in [-0.4, -0.2) is 41.3 Å². The van der Waals surface area contributed by atoms with Gasteiger partial charge in [-0.3, -0.25) is 4.79 Å². The lowest BCUT2D eigenvalue weighted by Gasteiger charge is -2.22. The lowest BCUT2D eigenvalue weighted by molar-refractivity contribution is 0.103. The van der Waals surface area contributed by atoms with E-state index >= 15 is 0 Å². The fraction of sp³-hybridized carbons (Fsp3) is 0.500. The molecule has 2 heterocycles. The number of hydrogen-bond acceptors (Lipinski definition) is 3. The highest BCUT2D eigenvalue weighted by molar-refractivity contribution is 9.10. The summed E-state index contributed by atoms with van der Waals surface area (Å²) in [7, 11) is 0. The second-order valence-corrected chi connectivity index (χ2v) is 10.2. The molecule has 0 bridgehead atoms. The Balaban J connectivity index is 1.65. The van der Waals surface area contributed by atoms with E-state index in [0.717, 1.165) is 59.2 Å². The molecule has 0 radical (unpaired) electrons. The molecule has 0 amide bonds. The van der Waals surface area contributed by atoms with Gasteiger partial charge in [-0.25, -0.2) is 0 Å². The molecular weight excluding hydrogens is 500 g/mol. The third-order valence-corrected chi connectivity index (χ3v) is 7.12. The monoisotopic (exact) mass is 540 g/mol. The van der Waals surface area contributed by atoms with Crippen molar-refractivity contribution in [1.82, 2.24) is 9.30 Å². The number of hydrogen-bond donors (Lipinski definition) is 0. The van der Waals surface area contributed by atoms with E-state index in [-0.39, 0.29) is 5.78 Å². The van der Waals surface area contributed by atoms with E-state index in [1.807, 2.05) is 40.9 Å². The Kier molecular flexibility index (Phi) is 11.3. The topological polar surface area (TPSA) is 34.0 Å². The number of carbonyl (C=O) groups is 1. The van der Waals surface area contributed by atoms with Crippen molar-refractivity contribution in [2.45, 2.75) is 72.1 Å². The predicted molar refractivity (Wildman–Crippen MR) is 150 cm³/mol. The highest BCUT2D eigenvalue weighted by Crippen LogP contribution is 2.29. The van der Waals surface area contributed by atoms with E-state index in [1.54, 1.807) is 0 Å². The highest BCUT2D eigenvalue weighted by atomic mass is 79.9. The zero-order valence-electron chi connectivity index (χ0n) is 21.7. The SMILES string of the molecule is CCCCc1cc2ccccn2c1C(=O)c1ccc(OCCCN(CCCC)CCCC)c(Br)c1. The van der Waals surface area contributed by atoms with Crippen molar-refractivity contribution >= 4 is 27.2 Å². The van der Waals surface area contributed by atoms with Crippen LogP contribution >= 0.6 is 15.9 Å². The zero-order chi connectivity index (χ0) is 25.0. The number of aromatic nitrogens is 1. The normalized spacial score (nSPS) is 11.5. The maximum atomic E-state index is 13.6. The van der Waals surface area contributed by atoms with Crippen molar-refractivity contribution in [3.8, 4) is 5.75 Å². The van der Waals surface area contributed by atoms with Crippen LogP contribution in [0.25, 0.3) is 5.52 Å². The molecule has 5 heteroatoms. The summed E-state index contributed by atoms with van der Waals surface area (Å²) < 4.78 is 8.93. The number of aryl methyl sites for hydroxylation is 1. The number of halogens is 1. The molecule has 0 aliphatic heterocycles. The van der Waals surface area contributed by atoms with E-state index in [0.29, 0.717) is 12.2 Å². The van der Waals surface area contributed by atoms with E-state index in [2.05, 4.69) is 53.7 Å². The van der Waals surface area contributed by atoms with E-state index in [9.17, 15) is 4.79 Å². The summed E-state index contributed by atoms with van der Waals surface area (Å²) in [6, 6.07) is 13.9. The number of rotatable bonds is 16. The predicted octanol–water partition coefficient (Wildman–Crippen LogP) is 7.95. The van der Waals surface area contributed by atoms with Crippen molar-refractivity contribution in [3.05, 3.63) is 70.0 Å². The van der Waals surface area contributed by atoms with E-state index in [1.165, 1.54) is 38.8 Å². The molecule has 0 saturated carbocycles. The molecule has 0 saturated heterocycles. The number of fused-ring (bicyclic) bond motifs is 1. The van der Waals surface area contributed by atoms with Gasteiger partial charge < -0.3 is 14.0 Å². The zero-order valence-corrected chi connectivity index (χ0v) is 23.3. The minimum Gasteiger partial charge on any atom is -0.492 e. The Morgan fingerprint density at radius 3 is 2.31 bits per heavy atom. The summed E-state index contributed by atoms with van der Waals surface area (Å²) >= 11 is 3.64. The second-order valence-electron chi connectivity index (χ2n) is 9.34. The van der Waals surface area contributed by atoms with Gasteiger partial charge in [0.15, 0.2) is 0 Å². The first kappa shape index (κ1) is 27.5. The maximum Gasteiger partial charge on any atom is 0.210 e. The summed E-state index contributed by atoms with van der Waals surface area (Å²) in [5.74, 6) is 0.846. The van der Waals surface area contributed by atoms with Crippen molar-refractivity contribution in [1.29, 1.82) is 0 Å². The lowest BCUT2D eigenvalue weighted by atomic mass is 10.0. The van der Waals surface area contributed by atoms with Crippen molar-refractivity contribution in [3.63, 3.8) is 0 Å². The fourth-order valence-corrected chi connectivity index (χ4v) is 4.95. The fourth-order valence-electron chi connectivity index (χ4n) is 4.46. The Bertz CT molecular complexity index is 1070. The minimum absolute atomic E-state index is 0.0528. The summed E-state index contributed by atoms with van der Waals surface area (Å²) in [6.45, 7) is 10.8. The minimum atomic E-state index is 0.0528. The van der Waals surface area contributed by atoms with Gasteiger partial charge in [-0.05, 0) is 103 Å². The molecule has 35 heavy (non-hydrogen) atoms. The molecular formula is C30H41BrN2O2. The first-order valence-corrected chi connectivity index (χ1v) is 14.2. The largest absolute Gasteiger partial charge is 0.492 e. The Morgan fingerprint density at radius 2 is 1.63 bits per heavy atom. The van der Waals surface area contributed by atoms with Gasteiger partial charge in [-0.1, -0.05) is 46.1 Å². The number of nitrogens with zero attached hydrogens (tertiary/aromatic N) is 2. The standard InChI is InChI=1S/C30H41BrN2O2/c1-4-7-13-24-22-26-14-10-11-20-33(26)29(24)30(34)25-15-16-28(27(31)23-25)35-21-12-19-32(17-8-5-2)18-9-6-3/h10-11,14-16,20,22-23H,4-9,12-13,17-19,21H2,1-3H3. The lowest BCUT2D eigenvalue weighted by Crippen LogP contribution is -2.28. The third kappa shape index (κ3) is 7.68. The van der Waals surface area contributed by atoms with Crippen LogP contribution in [-0.2, 0) is 6.42 Å². The van der Waals surface area contributed by atoms with Gasteiger partial charge in [0.05, 0.1) is 16.8 Å². The molecule has 4 nitrogen and oxygen atoms in total. The summed E-state index contributed by atoms with van der Waals surface area (Å²) in [5.41, 5.74) is 3.63. The smallest absolute Gasteiger partial charge is 0.210 e. The molecule has 2 aromatic heterocycles. The number of ketones is 1. The molecule has 0 spiro atoms. The van der Waals surface area contributed by atoms with Gasteiger partial charge in [0.2, 0.25) is 5.78 Å². The number of benzene rings is 1. The van der Waals surface area contributed by atoms with Crippen LogP contribution < -0.4 is 4.74 Å². The maximum absolute atomic E-state index is 13.6. The summed E-state index contributed by atoms with van der Waals surface area (Å²) in [6.07, 6.45) is 11.0. The van der Waals surface area contributed by atoms with Gasteiger partial charge in [0.25, 0.3) is 0 Å². The first-order chi connectivity index (χ1) is 17.1. The Labute approximate surface area is 219 Å². The number of pyridine rings is 1. The molecule has 0 atom stereocenters. The molecule has 0 aliphatic carbocycles. The Morgan fingerprint density at radius 1 is 0.914 bits per heavy atom. The molecule has 0 aliphatic rings. The van der Waals surface area contributed by atoms with Crippen LogP contribution in [0.3, 0.4) is 0 Å². The van der Waals surface area contributed by atoms with Crippen molar-refractivity contribution in [2.24, 2.45) is 0 Å².